The first-order chi connectivity index (χ1) is 6.60. The molecule has 4 heteroatoms. The van der Waals surface area contributed by atoms with Crippen LogP contribution in [0.4, 0.5) is 0 Å². The van der Waals surface area contributed by atoms with Gasteiger partial charge in [0.15, 0.2) is 0 Å². The Kier molecular flexibility index (Phi) is 3.61. The van der Waals surface area contributed by atoms with E-state index < -0.39 is 0 Å². The fourth-order valence-electron chi connectivity index (χ4n) is 1.24. The monoisotopic (exact) mass is 215 g/mol. The lowest BCUT2D eigenvalue weighted by atomic mass is 10.1. The molecule has 0 bridgehead atoms. The highest BCUT2D eigenvalue weighted by Gasteiger charge is 2.12. The summed E-state index contributed by atoms with van der Waals surface area (Å²) in [4.78, 5) is 0. The molecule has 1 aromatic rings. The molecular formula is C10H14ClNO2. The van der Waals surface area contributed by atoms with Gasteiger partial charge in [-0.25, -0.2) is 0 Å². The number of hydrogen-bond acceptors (Lipinski definition) is 3. The van der Waals surface area contributed by atoms with Gasteiger partial charge in [-0.1, -0.05) is 11.6 Å². The summed E-state index contributed by atoms with van der Waals surface area (Å²) in [6.45, 7) is 1.88. The standard InChI is InChI=1S/C10H14ClNO2/c1-6(12)7-4-10(14-3)8(11)5-9(7)13-2/h4-6H,12H2,1-3H3/t6-/m0/s1. The van der Waals surface area contributed by atoms with Gasteiger partial charge in [-0.2, -0.15) is 0 Å². The number of ether oxygens (including phenoxy) is 2. The number of nitrogens with two attached hydrogens (primary N) is 1. The largest absolute Gasteiger partial charge is 0.496 e. The molecule has 0 aromatic heterocycles. The van der Waals surface area contributed by atoms with Crippen LogP contribution in [-0.4, -0.2) is 14.2 Å². The molecule has 78 valence electrons. The van der Waals surface area contributed by atoms with E-state index in [4.69, 9.17) is 26.8 Å². The van der Waals surface area contributed by atoms with E-state index in [0.717, 1.165) is 5.56 Å². The number of benzene rings is 1. The SMILES string of the molecule is COc1cc([C@H](C)N)c(OC)cc1Cl. The van der Waals surface area contributed by atoms with E-state index in [1.807, 2.05) is 6.92 Å². The summed E-state index contributed by atoms with van der Waals surface area (Å²) in [5.74, 6) is 1.30. The molecule has 0 aliphatic heterocycles. The molecule has 2 N–H and O–H groups in total. The topological polar surface area (TPSA) is 44.5 Å². The molecule has 0 amide bonds. The lowest BCUT2D eigenvalue weighted by molar-refractivity contribution is 0.396. The molecule has 0 heterocycles. The first-order valence-corrected chi connectivity index (χ1v) is 4.65. The predicted octanol–water partition coefficient (Wildman–Crippen LogP) is 2.38. The van der Waals surface area contributed by atoms with Crippen molar-refractivity contribution < 1.29 is 9.47 Å². The second kappa shape index (κ2) is 4.53. The van der Waals surface area contributed by atoms with E-state index in [1.54, 1.807) is 26.4 Å². The molecule has 0 saturated heterocycles. The molecule has 0 radical (unpaired) electrons. The van der Waals surface area contributed by atoms with E-state index >= 15 is 0 Å². The second-order valence-electron chi connectivity index (χ2n) is 3.02. The Balaban J connectivity index is 3.25. The van der Waals surface area contributed by atoms with Gasteiger partial charge >= 0.3 is 0 Å². The van der Waals surface area contributed by atoms with Crippen molar-refractivity contribution in [3.8, 4) is 11.5 Å². The van der Waals surface area contributed by atoms with Gasteiger partial charge in [0, 0.05) is 17.7 Å². The molecule has 0 unspecified atom stereocenters. The Bertz CT molecular complexity index is 326. The minimum atomic E-state index is -0.115. The first-order valence-electron chi connectivity index (χ1n) is 4.27. The molecule has 0 fully saturated rings. The Morgan fingerprint density at radius 2 is 1.79 bits per heavy atom. The third-order valence-corrected chi connectivity index (χ3v) is 2.29. The van der Waals surface area contributed by atoms with Gasteiger partial charge in [0.1, 0.15) is 11.5 Å². The first kappa shape index (κ1) is 11.1. The highest BCUT2D eigenvalue weighted by Crippen LogP contribution is 2.34. The minimum absolute atomic E-state index is 0.115. The maximum absolute atomic E-state index is 5.94. The molecule has 0 aliphatic carbocycles. The molecule has 0 aliphatic rings. The number of halogens is 1. The minimum Gasteiger partial charge on any atom is -0.496 e. The second-order valence-corrected chi connectivity index (χ2v) is 3.42. The van der Waals surface area contributed by atoms with Gasteiger partial charge in [0.05, 0.1) is 19.2 Å². The quantitative estimate of drug-likeness (QED) is 0.842. The molecule has 3 nitrogen and oxygen atoms in total. The van der Waals surface area contributed by atoms with Crippen LogP contribution in [-0.2, 0) is 0 Å². The smallest absolute Gasteiger partial charge is 0.138 e. The third-order valence-electron chi connectivity index (χ3n) is 1.99. The molecule has 1 aromatic carbocycles. The van der Waals surface area contributed by atoms with Crippen LogP contribution >= 0.6 is 11.6 Å². The van der Waals surface area contributed by atoms with Crippen LogP contribution < -0.4 is 15.2 Å². The normalized spacial score (nSPS) is 12.4. The van der Waals surface area contributed by atoms with Crippen LogP contribution in [0.2, 0.25) is 5.02 Å². The van der Waals surface area contributed by atoms with Gasteiger partial charge in [-0.05, 0) is 13.0 Å². The summed E-state index contributed by atoms with van der Waals surface area (Å²) in [5.41, 5.74) is 6.67. The summed E-state index contributed by atoms with van der Waals surface area (Å²) in [7, 11) is 3.16. The molecule has 14 heavy (non-hydrogen) atoms. The predicted molar refractivity (Wildman–Crippen MR) is 57.2 cm³/mol. The Hall–Kier alpha value is -0.930. The lowest BCUT2D eigenvalue weighted by Gasteiger charge is -2.14. The molecular weight excluding hydrogens is 202 g/mol. The Labute approximate surface area is 88.8 Å². The molecule has 1 rings (SSSR count). The number of methoxy groups -OCH3 is 2. The van der Waals surface area contributed by atoms with Crippen LogP contribution in [0.1, 0.15) is 18.5 Å². The zero-order valence-corrected chi connectivity index (χ0v) is 9.26. The van der Waals surface area contributed by atoms with Crippen molar-refractivity contribution in [2.45, 2.75) is 13.0 Å². The van der Waals surface area contributed by atoms with Gasteiger partial charge in [-0.3, -0.25) is 0 Å². The van der Waals surface area contributed by atoms with Gasteiger partial charge in [-0.15, -0.1) is 0 Å². The van der Waals surface area contributed by atoms with Gasteiger partial charge < -0.3 is 15.2 Å². The van der Waals surface area contributed by atoms with Crippen LogP contribution in [0.15, 0.2) is 12.1 Å². The fraction of sp³-hybridized carbons (Fsp3) is 0.400. The summed E-state index contributed by atoms with van der Waals surface area (Å²) in [6, 6.07) is 3.39. The van der Waals surface area contributed by atoms with E-state index in [1.165, 1.54) is 0 Å². The fourth-order valence-corrected chi connectivity index (χ4v) is 1.47. The van der Waals surface area contributed by atoms with Crippen molar-refractivity contribution in [1.29, 1.82) is 0 Å². The van der Waals surface area contributed by atoms with Crippen LogP contribution in [0.5, 0.6) is 11.5 Å². The van der Waals surface area contributed by atoms with Gasteiger partial charge in [0.25, 0.3) is 0 Å². The van der Waals surface area contributed by atoms with Crippen molar-refractivity contribution in [2.75, 3.05) is 14.2 Å². The van der Waals surface area contributed by atoms with Gasteiger partial charge in [0.2, 0.25) is 0 Å². The molecule has 1 atom stereocenters. The average molecular weight is 216 g/mol. The van der Waals surface area contributed by atoms with Crippen molar-refractivity contribution in [2.24, 2.45) is 5.73 Å². The summed E-state index contributed by atoms with van der Waals surface area (Å²) >= 11 is 5.94. The maximum atomic E-state index is 5.94. The van der Waals surface area contributed by atoms with Crippen molar-refractivity contribution in [3.63, 3.8) is 0 Å². The third kappa shape index (κ3) is 2.11. The van der Waals surface area contributed by atoms with E-state index in [0.29, 0.717) is 16.5 Å². The zero-order valence-electron chi connectivity index (χ0n) is 8.50. The van der Waals surface area contributed by atoms with Crippen LogP contribution in [0.25, 0.3) is 0 Å². The molecule has 0 spiro atoms. The summed E-state index contributed by atoms with van der Waals surface area (Å²) in [5, 5.41) is 0.522. The van der Waals surface area contributed by atoms with Crippen molar-refractivity contribution in [1.82, 2.24) is 0 Å². The summed E-state index contributed by atoms with van der Waals surface area (Å²) < 4.78 is 10.3. The highest BCUT2D eigenvalue weighted by molar-refractivity contribution is 6.32. The van der Waals surface area contributed by atoms with E-state index in [-0.39, 0.29) is 6.04 Å². The van der Waals surface area contributed by atoms with Crippen molar-refractivity contribution in [3.05, 3.63) is 22.7 Å². The number of hydrogen-bond donors (Lipinski definition) is 1. The Morgan fingerprint density at radius 1 is 1.21 bits per heavy atom. The van der Waals surface area contributed by atoms with Crippen LogP contribution in [0, 0.1) is 0 Å². The Morgan fingerprint density at radius 3 is 2.21 bits per heavy atom. The lowest BCUT2D eigenvalue weighted by Crippen LogP contribution is -2.07. The highest BCUT2D eigenvalue weighted by atomic mass is 35.5. The van der Waals surface area contributed by atoms with E-state index in [9.17, 15) is 0 Å². The van der Waals surface area contributed by atoms with E-state index in [2.05, 4.69) is 0 Å². The number of rotatable bonds is 3. The maximum Gasteiger partial charge on any atom is 0.138 e. The zero-order chi connectivity index (χ0) is 10.7. The van der Waals surface area contributed by atoms with Crippen LogP contribution in [0.3, 0.4) is 0 Å². The summed E-state index contributed by atoms with van der Waals surface area (Å²) in [6.07, 6.45) is 0. The van der Waals surface area contributed by atoms with Crippen molar-refractivity contribution >= 4 is 11.6 Å². The average Bonchev–Trinajstić information content (AvgIpc) is 2.16. The molecule has 0 saturated carbocycles.